The number of halogens is 1. The van der Waals surface area contributed by atoms with Gasteiger partial charge in [-0.25, -0.2) is 4.39 Å². The number of hydrogen-bond donors (Lipinski definition) is 1. The van der Waals surface area contributed by atoms with Crippen molar-refractivity contribution in [3.05, 3.63) is 35.6 Å². The summed E-state index contributed by atoms with van der Waals surface area (Å²) in [7, 11) is 2.02. The molecule has 1 aromatic carbocycles. The predicted octanol–water partition coefficient (Wildman–Crippen LogP) is 4.95. The molecule has 0 bridgehead atoms. The molecule has 0 spiro atoms. The fraction of sp³-hybridized carbons (Fsp3) is 0.684. The first-order chi connectivity index (χ1) is 10.2. The topological polar surface area (TPSA) is 12.0 Å². The van der Waals surface area contributed by atoms with E-state index in [9.17, 15) is 4.39 Å². The Labute approximate surface area is 129 Å². The summed E-state index contributed by atoms with van der Waals surface area (Å²) in [5.41, 5.74) is 0.852. The van der Waals surface area contributed by atoms with E-state index in [0.717, 1.165) is 17.9 Å². The fourth-order valence-corrected chi connectivity index (χ4v) is 3.78. The second-order valence-electron chi connectivity index (χ2n) is 6.61. The molecule has 2 heteroatoms. The Morgan fingerprint density at radius 1 is 1.19 bits per heavy atom. The Balaban J connectivity index is 1.86. The SMILES string of the molecule is CCCCC1CCC(C(Cc2ccccc2F)NC)CC1. The summed E-state index contributed by atoms with van der Waals surface area (Å²) in [6.45, 7) is 2.27. The van der Waals surface area contributed by atoms with Crippen LogP contribution in [0.4, 0.5) is 4.39 Å². The summed E-state index contributed by atoms with van der Waals surface area (Å²) in [6, 6.07) is 7.61. The zero-order valence-electron chi connectivity index (χ0n) is 13.6. The number of unbranched alkanes of at least 4 members (excludes halogenated alkanes) is 1. The summed E-state index contributed by atoms with van der Waals surface area (Å²) < 4.78 is 13.8. The number of likely N-dealkylation sites (N-methyl/N-ethyl adjacent to an activating group) is 1. The standard InChI is InChI=1S/C19H30FN/c1-3-4-7-15-10-12-16(13-11-15)19(21-2)14-17-8-5-6-9-18(17)20/h5-6,8-9,15-16,19,21H,3-4,7,10-14H2,1-2H3. The van der Waals surface area contributed by atoms with Crippen LogP contribution >= 0.6 is 0 Å². The van der Waals surface area contributed by atoms with Crippen LogP contribution in [-0.4, -0.2) is 13.1 Å². The summed E-state index contributed by atoms with van der Waals surface area (Å²) in [5, 5.41) is 3.44. The fourth-order valence-electron chi connectivity index (χ4n) is 3.78. The maximum Gasteiger partial charge on any atom is 0.126 e. The highest BCUT2D eigenvalue weighted by Gasteiger charge is 2.27. The minimum Gasteiger partial charge on any atom is -0.316 e. The van der Waals surface area contributed by atoms with Gasteiger partial charge in [-0.1, -0.05) is 57.2 Å². The Hall–Kier alpha value is -0.890. The lowest BCUT2D eigenvalue weighted by Gasteiger charge is -2.34. The van der Waals surface area contributed by atoms with Gasteiger partial charge in [-0.05, 0) is 49.8 Å². The highest BCUT2D eigenvalue weighted by Crippen LogP contribution is 2.34. The molecule has 2 rings (SSSR count). The molecule has 0 aromatic heterocycles. The molecule has 0 aliphatic heterocycles. The van der Waals surface area contributed by atoms with Gasteiger partial charge in [0.25, 0.3) is 0 Å². The zero-order valence-corrected chi connectivity index (χ0v) is 13.6. The Bertz CT molecular complexity index is 410. The van der Waals surface area contributed by atoms with Crippen LogP contribution in [0.1, 0.15) is 57.4 Å². The van der Waals surface area contributed by atoms with Crippen molar-refractivity contribution in [2.45, 2.75) is 64.3 Å². The van der Waals surface area contributed by atoms with Crippen molar-refractivity contribution in [1.82, 2.24) is 5.32 Å². The summed E-state index contributed by atoms with van der Waals surface area (Å²) in [4.78, 5) is 0. The van der Waals surface area contributed by atoms with Crippen molar-refractivity contribution >= 4 is 0 Å². The van der Waals surface area contributed by atoms with E-state index in [-0.39, 0.29) is 5.82 Å². The molecule has 21 heavy (non-hydrogen) atoms. The molecule has 1 aromatic rings. The van der Waals surface area contributed by atoms with E-state index in [1.165, 1.54) is 44.9 Å². The second kappa shape index (κ2) is 8.53. The van der Waals surface area contributed by atoms with E-state index in [2.05, 4.69) is 12.2 Å². The van der Waals surface area contributed by atoms with Crippen LogP contribution in [0.2, 0.25) is 0 Å². The molecule has 1 fully saturated rings. The van der Waals surface area contributed by atoms with Gasteiger partial charge >= 0.3 is 0 Å². The van der Waals surface area contributed by atoms with Gasteiger partial charge in [0.15, 0.2) is 0 Å². The van der Waals surface area contributed by atoms with Gasteiger partial charge in [0.05, 0.1) is 0 Å². The van der Waals surface area contributed by atoms with E-state index < -0.39 is 0 Å². The molecule has 0 radical (unpaired) electrons. The first-order valence-corrected chi connectivity index (χ1v) is 8.65. The molecule has 1 atom stereocenters. The lowest BCUT2D eigenvalue weighted by molar-refractivity contribution is 0.215. The van der Waals surface area contributed by atoms with E-state index in [1.54, 1.807) is 12.1 Å². The lowest BCUT2D eigenvalue weighted by atomic mass is 9.75. The quantitative estimate of drug-likeness (QED) is 0.749. The normalized spacial score (nSPS) is 24.0. The Morgan fingerprint density at radius 2 is 1.90 bits per heavy atom. The number of rotatable bonds is 7. The van der Waals surface area contributed by atoms with E-state index in [1.807, 2.05) is 19.2 Å². The van der Waals surface area contributed by atoms with Gasteiger partial charge in [0.2, 0.25) is 0 Å². The number of benzene rings is 1. The summed E-state index contributed by atoms with van der Waals surface area (Å²) in [6.07, 6.45) is 10.2. The average Bonchev–Trinajstić information content (AvgIpc) is 2.53. The molecular weight excluding hydrogens is 261 g/mol. The predicted molar refractivity (Wildman–Crippen MR) is 87.9 cm³/mol. The van der Waals surface area contributed by atoms with Crippen LogP contribution in [0.15, 0.2) is 24.3 Å². The molecule has 1 unspecified atom stereocenters. The highest BCUT2D eigenvalue weighted by atomic mass is 19.1. The molecule has 1 saturated carbocycles. The number of hydrogen-bond acceptors (Lipinski definition) is 1. The van der Waals surface area contributed by atoms with Gasteiger partial charge in [0, 0.05) is 6.04 Å². The molecule has 1 aliphatic rings. The molecule has 118 valence electrons. The minimum atomic E-state index is -0.0608. The Kier molecular flexibility index (Phi) is 6.69. The monoisotopic (exact) mass is 291 g/mol. The van der Waals surface area contributed by atoms with Crippen molar-refractivity contribution in [2.75, 3.05) is 7.05 Å². The maximum absolute atomic E-state index is 13.8. The Morgan fingerprint density at radius 3 is 2.52 bits per heavy atom. The third kappa shape index (κ3) is 4.81. The average molecular weight is 291 g/mol. The third-order valence-corrected chi connectivity index (χ3v) is 5.19. The van der Waals surface area contributed by atoms with Crippen molar-refractivity contribution in [3.8, 4) is 0 Å². The lowest BCUT2D eigenvalue weighted by Crippen LogP contribution is -2.37. The summed E-state index contributed by atoms with van der Waals surface area (Å²) in [5.74, 6) is 1.58. The van der Waals surface area contributed by atoms with Gasteiger partial charge in [0.1, 0.15) is 5.82 Å². The number of nitrogens with one attached hydrogen (secondary N) is 1. The highest BCUT2D eigenvalue weighted by molar-refractivity contribution is 5.18. The molecule has 0 saturated heterocycles. The van der Waals surface area contributed by atoms with Crippen LogP contribution < -0.4 is 5.32 Å². The van der Waals surface area contributed by atoms with Crippen molar-refractivity contribution in [3.63, 3.8) is 0 Å². The van der Waals surface area contributed by atoms with E-state index >= 15 is 0 Å². The zero-order chi connectivity index (χ0) is 15.1. The first kappa shape index (κ1) is 16.5. The van der Waals surface area contributed by atoms with Crippen LogP contribution in [0, 0.1) is 17.7 Å². The maximum atomic E-state index is 13.8. The van der Waals surface area contributed by atoms with Gasteiger partial charge < -0.3 is 5.32 Å². The molecule has 0 heterocycles. The van der Waals surface area contributed by atoms with Crippen LogP contribution in [-0.2, 0) is 6.42 Å². The van der Waals surface area contributed by atoms with Crippen LogP contribution in [0.3, 0.4) is 0 Å². The van der Waals surface area contributed by atoms with Gasteiger partial charge in [-0.15, -0.1) is 0 Å². The van der Waals surface area contributed by atoms with Crippen LogP contribution in [0.5, 0.6) is 0 Å². The van der Waals surface area contributed by atoms with E-state index in [0.29, 0.717) is 12.0 Å². The molecule has 1 aliphatic carbocycles. The van der Waals surface area contributed by atoms with Gasteiger partial charge in [-0.2, -0.15) is 0 Å². The molecule has 1 nitrogen and oxygen atoms in total. The first-order valence-electron chi connectivity index (χ1n) is 8.65. The summed E-state index contributed by atoms with van der Waals surface area (Å²) >= 11 is 0. The molecule has 0 amide bonds. The van der Waals surface area contributed by atoms with Crippen molar-refractivity contribution in [1.29, 1.82) is 0 Å². The van der Waals surface area contributed by atoms with E-state index in [4.69, 9.17) is 0 Å². The largest absolute Gasteiger partial charge is 0.316 e. The van der Waals surface area contributed by atoms with Crippen molar-refractivity contribution in [2.24, 2.45) is 11.8 Å². The van der Waals surface area contributed by atoms with Gasteiger partial charge in [-0.3, -0.25) is 0 Å². The second-order valence-corrected chi connectivity index (χ2v) is 6.61. The minimum absolute atomic E-state index is 0.0608. The smallest absolute Gasteiger partial charge is 0.126 e. The molecule has 1 N–H and O–H groups in total. The van der Waals surface area contributed by atoms with Crippen molar-refractivity contribution < 1.29 is 4.39 Å². The molecular formula is C19H30FN. The third-order valence-electron chi connectivity index (χ3n) is 5.19. The van der Waals surface area contributed by atoms with Crippen LogP contribution in [0.25, 0.3) is 0 Å².